The van der Waals surface area contributed by atoms with Gasteiger partial charge in [0.25, 0.3) is 0 Å². The Morgan fingerprint density at radius 2 is 2.00 bits per heavy atom. The maximum Gasteiger partial charge on any atom is 0.174 e. The number of rotatable bonds is 0. The van der Waals surface area contributed by atoms with E-state index < -0.39 is 0 Å². The van der Waals surface area contributed by atoms with Crippen LogP contribution in [0.1, 0.15) is 51.9 Å². The summed E-state index contributed by atoms with van der Waals surface area (Å²) >= 11 is 0. The van der Waals surface area contributed by atoms with E-state index in [1.54, 1.807) is 0 Å². The lowest BCUT2D eigenvalue weighted by molar-refractivity contribution is -0.263. The van der Waals surface area contributed by atoms with Crippen LogP contribution >= 0.6 is 0 Å². The number of ether oxygens (including phenoxy) is 2. The van der Waals surface area contributed by atoms with Crippen molar-refractivity contribution in [1.82, 2.24) is 0 Å². The summed E-state index contributed by atoms with van der Waals surface area (Å²) in [4.78, 5) is 12.5. The second kappa shape index (κ2) is 3.37. The number of hydrogen-bond donors (Lipinski definition) is 0. The Labute approximate surface area is 108 Å². The molecule has 2 spiro atoms. The normalized spacial score (nSPS) is 49.6. The second-order valence-electron chi connectivity index (χ2n) is 7.06. The Bertz CT molecular complexity index is 399. The van der Waals surface area contributed by atoms with Crippen molar-refractivity contribution in [2.24, 2.45) is 16.7 Å². The van der Waals surface area contributed by atoms with Crippen LogP contribution in [0.15, 0.2) is 0 Å². The fourth-order valence-electron chi connectivity index (χ4n) is 5.33. The Hall–Kier alpha value is -0.410. The zero-order valence-electron chi connectivity index (χ0n) is 11.2. The molecule has 4 rings (SSSR count). The number of carbonyl (C=O) groups excluding carboxylic acids is 1. The molecule has 0 amide bonds. The lowest BCUT2D eigenvalue weighted by Crippen LogP contribution is -2.56. The summed E-state index contributed by atoms with van der Waals surface area (Å²) in [5.74, 6) is 0.678. The molecule has 2 bridgehead atoms. The molecule has 3 saturated carbocycles. The molecular weight excluding hydrogens is 228 g/mol. The van der Waals surface area contributed by atoms with Gasteiger partial charge in [-0.3, -0.25) is 4.79 Å². The van der Waals surface area contributed by atoms with Crippen molar-refractivity contribution in [1.29, 1.82) is 0 Å². The van der Waals surface area contributed by atoms with Gasteiger partial charge in [-0.1, -0.05) is 6.92 Å². The SMILES string of the molecule is C[C@]12CC[C@@]3(C1)C(=O)CCC[C@H]3CC21OCCO1. The van der Waals surface area contributed by atoms with Crippen molar-refractivity contribution in [2.75, 3.05) is 13.2 Å². The van der Waals surface area contributed by atoms with Crippen molar-refractivity contribution in [3.05, 3.63) is 0 Å². The molecule has 4 fully saturated rings. The van der Waals surface area contributed by atoms with Crippen molar-refractivity contribution in [3.63, 3.8) is 0 Å². The Kier molecular flexibility index (Phi) is 2.14. The second-order valence-corrected chi connectivity index (χ2v) is 7.06. The van der Waals surface area contributed by atoms with Crippen LogP contribution in [0.3, 0.4) is 0 Å². The average molecular weight is 250 g/mol. The van der Waals surface area contributed by atoms with Crippen molar-refractivity contribution in [2.45, 2.75) is 57.7 Å². The first-order chi connectivity index (χ1) is 8.60. The summed E-state index contributed by atoms with van der Waals surface area (Å²) in [6.45, 7) is 3.73. The van der Waals surface area contributed by atoms with E-state index in [0.717, 1.165) is 51.7 Å². The van der Waals surface area contributed by atoms with E-state index in [-0.39, 0.29) is 16.6 Å². The third-order valence-electron chi connectivity index (χ3n) is 6.31. The first-order valence-corrected chi connectivity index (χ1v) is 7.42. The van der Waals surface area contributed by atoms with Crippen molar-refractivity contribution in [3.8, 4) is 0 Å². The first kappa shape index (κ1) is 11.4. The van der Waals surface area contributed by atoms with Gasteiger partial charge in [-0.05, 0) is 38.0 Å². The molecule has 100 valence electrons. The van der Waals surface area contributed by atoms with E-state index >= 15 is 0 Å². The molecule has 18 heavy (non-hydrogen) atoms. The molecule has 0 aromatic carbocycles. The fourth-order valence-corrected chi connectivity index (χ4v) is 5.33. The fraction of sp³-hybridized carbons (Fsp3) is 0.933. The van der Waals surface area contributed by atoms with Crippen LogP contribution in [0.25, 0.3) is 0 Å². The Morgan fingerprint density at radius 1 is 1.22 bits per heavy atom. The largest absolute Gasteiger partial charge is 0.347 e. The van der Waals surface area contributed by atoms with E-state index in [2.05, 4.69) is 6.92 Å². The van der Waals surface area contributed by atoms with Gasteiger partial charge in [0.1, 0.15) is 5.78 Å². The summed E-state index contributed by atoms with van der Waals surface area (Å²) in [5.41, 5.74) is 0.0561. The molecule has 0 N–H and O–H groups in total. The monoisotopic (exact) mass is 250 g/mol. The summed E-state index contributed by atoms with van der Waals surface area (Å²) in [5, 5.41) is 0. The molecule has 3 atom stereocenters. The standard InChI is InChI=1S/C15H22O3/c1-13-5-6-14(10-13)11(3-2-4-12(14)16)9-15(13)17-7-8-18-15/h11H,2-10H2,1H3/t11-,13-,14-/m0/s1. The van der Waals surface area contributed by atoms with Gasteiger partial charge in [-0.25, -0.2) is 0 Å². The molecule has 1 saturated heterocycles. The van der Waals surface area contributed by atoms with E-state index in [9.17, 15) is 4.79 Å². The minimum absolute atomic E-state index is 0.00639. The van der Waals surface area contributed by atoms with Gasteiger partial charge in [0.2, 0.25) is 0 Å². The maximum absolute atomic E-state index is 12.5. The third kappa shape index (κ3) is 1.16. The van der Waals surface area contributed by atoms with Crippen molar-refractivity contribution >= 4 is 5.78 Å². The zero-order chi connectivity index (χ0) is 12.4. The van der Waals surface area contributed by atoms with E-state index in [0.29, 0.717) is 11.7 Å². The van der Waals surface area contributed by atoms with Crippen LogP contribution < -0.4 is 0 Å². The molecule has 3 aliphatic carbocycles. The Morgan fingerprint density at radius 3 is 2.78 bits per heavy atom. The topological polar surface area (TPSA) is 35.5 Å². The van der Waals surface area contributed by atoms with Gasteiger partial charge in [-0.2, -0.15) is 0 Å². The molecule has 0 aromatic heterocycles. The quantitative estimate of drug-likeness (QED) is 0.663. The summed E-state index contributed by atoms with van der Waals surface area (Å²) < 4.78 is 12.1. The number of fused-ring (bicyclic) bond motifs is 2. The molecule has 1 aliphatic heterocycles. The van der Waals surface area contributed by atoms with Crippen LogP contribution in [0.5, 0.6) is 0 Å². The summed E-state index contributed by atoms with van der Waals surface area (Å²) in [6.07, 6.45) is 7.19. The van der Waals surface area contributed by atoms with Gasteiger partial charge in [0.05, 0.1) is 13.2 Å². The zero-order valence-corrected chi connectivity index (χ0v) is 11.2. The molecule has 3 nitrogen and oxygen atoms in total. The number of carbonyl (C=O) groups is 1. The predicted octanol–water partition coefficient (Wildman–Crippen LogP) is 2.68. The van der Waals surface area contributed by atoms with Crippen molar-refractivity contribution < 1.29 is 14.3 Å². The molecule has 1 heterocycles. The van der Waals surface area contributed by atoms with Crippen LogP contribution in [0.2, 0.25) is 0 Å². The van der Waals surface area contributed by atoms with Gasteiger partial charge in [-0.15, -0.1) is 0 Å². The molecule has 0 aromatic rings. The minimum atomic E-state index is -0.366. The minimum Gasteiger partial charge on any atom is -0.347 e. The highest BCUT2D eigenvalue weighted by atomic mass is 16.7. The molecule has 3 heteroatoms. The first-order valence-electron chi connectivity index (χ1n) is 7.42. The Balaban J connectivity index is 1.77. The smallest absolute Gasteiger partial charge is 0.174 e. The highest BCUT2D eigenvalue weighted by Gasteiger charge is 2.69. The maximum atomic E-state index is 12.5. The molecule has 4 aliphatic rings. The van der Waals surface area contributed by atoms with Crippen LogP contribution in [-0.2, 0) is 14.3 Å². The van der Waals surface area contributed by atoms with Gasteiger partial charge in [0, 0.05) is 23.7 Å². The predicted molar refractivity (Wildman–Crippen MR) is 66.0 cm³/mol. The highest BCUT2D eigenvalue weighted by molar-refractivity contribution is 5.86. The average Bonchev–Trinajstić information content (AvgIpc) is 2.91. The number of ketones is 1. The highest BCUT2D eigenvalue weighted by Crippen LogP contribution is 2.68. The molecular formula is C15H22O3. The van der Waals surface area contributed by atoms with Crippen LogP contribution in [0, 0.1) is 16.7 Å². The lowest BCUT2D eigenvalue weighted by Gasteiger charge is -2.53. The lowest BCUT2D eigenvalue weighted by atomic mass is 9.55. The van der Waals surface area contributed by atoms with Gasteiger partial charge >= 0.3 is 0 Å². The molecule has 0 radical (unpaired) electrons. The summed E-state index contributed by atoms with van der Waals surface area (Å²) in [6, 6.07) is 0. The number of hydrogen-bond acceptors (Lipinski definition) is 3. The van der Waals surface area contributed by atoms with E-state index in [1.165, 1.54) is 6.42 Å². The third-order valence-corrected chi connectivity index (χ3v) is 6.31. The summed E-state index contributed by atoms with van der Waals surface area (Å²) in [7, 11) is 0. The van der Waals surface area contributed by atoms with Crippen LogP contribution in [0.4, 0.5) is 0 Å². The number of Topliss-reactive ketones (excluding diaryl/α,β-unsaturated/α-hetero) is 1. The van der Waals surface area contributed by atoms with E-state index in [1.807, 2.05) is 0 Å². The molecule has 0 unspecified atom stereocenters. The van der Waals surface area contributed by atoms with Gasteiger partial charge < -0.3 is 9.47 Å². The van der Waals surface area contributed by atoms with E-state index in [4.69, 9.17) is 9.47 Å². The van der Waals surface area contributed by atoms with Crippen LogP contribution in [-0.4, -0.2) is 24.8 Å². The van der Waals surface area contributed by atoms with Gasteiger partial charge in [0.15, 0.2) is 5.79 Å².